The van der Waals surface area contributed by atoms with Gasteiger partial charge in [-0.05, 0) is 23.8 Å². The second-order valence-electron chi connectivity index (χ2n) is 3.90. The van der Waals surface area contributed by atoms with Gasteiger partial charge in [-0.3, -0.25) is 0 Å². The van der Waals surface area contributed by atoms with E-state index in [1.807, 2.05) is 0 Å². The number of nitrogen functional groups attached to an aromatic ring is 1. The molecule has 2 nitrogen and oxygen atoms in total. The minimum atomic E-state index is -0.294. The van der Waals surface area contributed by atoms with E-state index in [0.29, 0.717) is 27.8 Å². The molecule has 0 radical (unpaired) electrons. The van der Waals surface area contributed by atoms with E-state index in [-0.39, 0.29) is 5.82 Å². The lowest BCUT2D eigenvalue weighted by Gasteiger charge is -2.09. The highest BCUT2D eigenvalue weighted by Crippen LogP contribution is 2.35. The third kappa shape index (κ3) is 3.33. The van der Waals surface area contributed by atoms with Crippen LogP contribution in [0.3, 0.4) is 0 Å². The molecule has 0 spiro atoms. The van der Waals surface area contributed by atoms with Crippen LogP contribution in [0.1, 0.15) is 5.56 Å². The Morgan fingerprint density at radius 2 is 2.11 bits per heavy atom. The van der Waals surface area contributed by atoms with Gasteiger partial charge in [-0.15, -0.1) is 11.8 Å². The van der Waals surface area contributed by atoms with E-state index < -0.39 is 0 Å². The summed E-state index contributed by atoms with van der Waals surface area (Å²) in [6.45, 7) is 0. The third-order valence-electron chi connectivity index (χ3n) is 2.63. The van der Waals surface area contributed by atoms with Crippen molar-refractivity contribution < 1.29 is 9.13 Å². The number of halogens is 2. The van der Waals surface area contributed by atoms with E-state index in [2.05, 4.69) is 0 Å². The molecular formula is C14H13ClFNOS. The van der Waals surface area contributed by atoms with Crippen LogP contribution in [0.5, 0.6) is 5.75 Å². The molecule has 0 fully saturated rings. The van der Waals surface area contributed by atoms with E-state index in [9.17, 15) is 4.39 Å². The standard InChI is InChI=1S/C14H13ClFNOS/c1-18-10-6-5-9(12(16)7-10)8-19-14-11(15)3-2-4-13(14)17/h2-7H,8,17H2,1H3. The highest BCUT2D eigenvalue weighted by atomic mass is 35.5. The molecule has 0 atom stereocenters. The third-order valence-corrected chi connectivity index (χ3v) is 4.26. The highest BCUT2D eigenvalue weighted by Gasteiger charge is 2.09. The fourth-order valence-corrected chi connectivity index (χ4v) is 2.92. The number of hydrogen-bond acceptors (Lipinski definition) is 3. The molecule has 5 heteroatoms. The van der Waals surface area contributed by atoms with Crippen molar-refractivity contribution in [2.24, 2.45) is 0 Å². The summed E-state index contributed by atoms with van der Waals surface area (Å²) in [7, 11) is 1.51. The van der Waals surface area contributed by atoms with Crippen LogP contribution in [0.2, 0.25) is 5.02 Å². The van der Waals surface area contributed by atoms with Gasteiger partial charge in [0.15, 0.2) is 0 Å². The number of ether oxygens (including phenoxy) is 1. The minimum absolute atomic E-state index is 0.294. The van der Waals surface area contributed by atoms with Gasteiger partial charge in [0.2, 0.25) is 0 Å². The molecule has 19 heavy (non-hydrogen) atoms. The van der Waals surface area contributed by atoms with Crippen LogP contribution in [-0.4, -0.2) is 7.11 Å². The van der Waals surface area contributed by atoms with Crippen molar-refractivity contribution in [3.63, 3.8) is 0 Å². The molecular weight excluding hydrogens is 285 g/mol. The number of thioether (sulfide) groups is 1. The summed E-state index contributed by atoms with van der Waals surface area (Å²) < 4.78 is 18.7. The Bertz CT molecular complexity index is 571. The van der Waals surface area contributed by atoms with Gasteiger partial charge in [-0.1, -0.05) is 23.7 Å². The second kappa shape index (κ2) is 6.17. The Balaban J connectivity index is 2.15. The zero-order valence-electron chi connectivity index (χ0n) is 10.3. The van der Waals surface area contributed by atoms with Crippen molar-refractivity contribution in [2.75, 3.05) is 12.8 Å². The van der Waals surface area contributed by atoms with Crippen molar-refractivity contribution in [3.05, 3.63) is 52.8 Å². The van der Waals surface area contributed by atoms with Gasteiger partial charge in [0.05, 0.1) is 12.1 Å². The van der Waals surface area contributed by atoms with E-state index in [1.54, 1.807) is 30.3 Å². The molecule has 2 aromatic rings. The van der Waals surface area contributed by atoms with E-state index in [1.165, 1.54) is 24.9 Å². The molecule has 100 valence electrons. The summed E-state index contributed by atoms with van der Waals surface area (Å²) in [6.07, 6.45) is 0. The highest BCUT2D eigenvalue weighted by molar-refractivity contribution is 7.98. The van der Waals surface area contributed by atoms with Crippen LogP contribution in [-0.2, 0) is 5.75 Å². The molecule has 0 aliphatic carbocycles. The van der Waals surface area contributed by atoms with Crippen molar-refractivity contribution in [1.82, 2.24) is 0 Å². The molecule has 2 N–H and O–H groups in total. The van der Waals surface area contributed by atoms with Crippen molar-refractivity contribution >= 4 is 29.1 Å². The van der Waals surface area contributed by atoms with Crippen molar-refractivity contribution in [1.29, 1.82) is 0 Å². The maximum absolute atomic E-state index is 13.8. The lowest BCUT2D eigenvalue weighted by atomic mass is 10.2. The number of hydrogen-bond donors (Lipinski definition) is 1. The van der Waals surface area contributed by atoms with E-state index in [0.717, 1.165) is 4.90 Å². The van der Waals surface area contributed by atoms with Gasteiger partial charge < -0.3 is 10.5 Å². The minimum Gasteiger partial charge on any atom is -0.497 e. The quantitative estimate of drug-likeness (QED) is 0.672. The van der Waals surface area contributed by atoms with Crippen LogP contribution in [0.4, 0.5) is 10.1 Å². The number of nitrogens with two attached hydrogens (primary N) is 1. The number of methoxy groups -OCH3 is 1. The maximum atomic E-state index is 13.8. The Hall–Kier alpha value is -1.39. The Morgan fingerprint density at radius 1 is 1.32 bits per heavy atom. The van der Waals surface area contributed by atoms with E-state index in [4.69, 9.17) is 22.1 Å². The van der Waals surface area contributed by atoms with Gasteiger partial charge in [0.25, 0.3) is 0 Å². The molecule has 0 heterocycles. The zero-order chi connectivity index (χ0) is 13.8. The van der Waals surface area contributed by atoms with Gasteiger partial charge in [0.1, 0.15) is 11.6 Å². The molecule has 0 amide bonds. The van der Waals surface area contributed by atoms with Gasteiger partial charge >= 0.3 is 0 Å². The zero-order valence-corrected chi connectivity index (χ0v) is 11.9. The Kier molecular flexibility index (Phi) is 4.56. The number of rotatable bonds is 4. The summed E-state index contributed by atoms with van der Waals surface area (Å²) in [5.41, 5.74) is 7.04. The van der Waals surface area contributed by atoms with Crippen LogP contribution >= 0.6 is 23.4 Å². The lowest BCUT2D eigenvalue weighted by molar-refractivity contribution is 0.411. The molecule has 0 bridgehead atoms. The number of anilines is 1. The fraction of sp³-hybridized carbons (Fsp3) is 0.143. The largest absolute Gasteiger partial charge is 0.497 e. The van der Waals surface area contributed by atoms with Crippen LogP contribution in [0.25, 0.3) is 0 Å². The monoisotopic (exact) mass is 297 g/mol. The SMILES string of the molecule is COc1ccc(CSc2c(N)cccc2Cl)c(F)c1. The Labute approximate surface area is 120 Å². The molecule has 2 rings (SSSR count). The molecule has 0 aromatic heterocycles. The molecule has 0 unspecified atom stereocenters. The van der Waals surface area contributed by atoms with Gasteiger partial charge in [-0.2, -0.15) is 0 Å². The van der Waals surface area contributed by atoms with Gasteiger partial charge in [-0.25, -0.2) is 4.39 Å². The molecule has 0 saturated carbocycles. The number of benzene rings is 2. The summed E-state index contributed by atoms with van der Waals surface area (Å²) in [5, 5.41) is 0.582. The smallest absolute Gasteiger partial charge is 0.130 e. The van der Waals surface area contributed by atoms with Crippen molar-refractivity contribution in [2.45, 2.75) is 10.6 Å². The fourth-order valence-electron chi connectivity index (χ4n) is 1.60. The summed E-state index contributed by atoms with van der Waals surface area (Å²) in [5.74, 6) is 0.671. The second-order valence-corrected chi connectivity index (χ2v) is 5.30. The first-order chi connectivity index (χ1) is 9.11. The average molecular weight is 298 g/mol. The first kappa shape index (κ1) is 14.0. The molecule has 0 aliphatic rings. The molecule has 0 saturated heterocycles. The van der Waals surface area contributed by atoms with E-state index >= 15 is 0 Å². The topological polar surface area (TPSA) is 35.2 Å². The predicted molar refractivity (Wildman–Crippen MR) is 78.4 cm³/mol. The Morgan fingerprint density at radius 3 is 2.74 bits per heavy atom. The molecule has 2 aromatic carbocycles. The average Bonchev–Trinajstić information content (AvgIpc) is 2.39. The first-order valence-electron chi connectivity index (χ1n) is 5.61. The normalized spacial score (nSPS) is 10.5. The summed E-state index contributed by atoms with van der Waals surface area (Å²) >= 11 is 7.49. The van der Waals surface area contributed by atoms with Gasteiger partial charge in [0, 0.05) is 22.4 Å². The first-order valence-corrected chi connectivity index (χ1v) is 6.97. The summed E-state index contributed by atoms with van der Waals surface area (Å²) in [6, 6.07) is 10.1. The maximum Gasteiger partial charge on any atom is 0.130 e. The predicted octanol–water partition coefficient (Wildman–Crippen LogP) is 4.36. The molecule has 0 aliphatic heterocycles. The van der Waals surface area contributed by atoms with Crippen molar-refractivity contribution in [3.8, 4) is 5.75 Å². The van der Waals surface area contributed by atoms with Crippen LogP contribution in [0.15, 0.2) is 41.3 Å². The van der Waals surface area contributed by atoms with Crippen LogP contribution < -0.4 is 10.5 Å². The van der Waals surface area contributed by atoms with Crippen LogP contribution in [0, 0.1) is 5.82 Å². The lowest BCUT2D eigenvalue weighted by Crippen LogP contribution is -1.92. The summed E-state index contributed by atoms with van der Waals surface area (Å²) in [4.78, 5) is 0.777.